The average Bonchev–Trinajstić information content (AvgIpc) is 2.98. The molecule has 0 saturated carbocycles. The van der Waals surface area contributed by atoms with Crippen molar-refractivity contribution in [3.63, 3.8) is 0 Å². The quantitative estimate of drug-likeness (QED) is 0.315. The molecule has 2 aliphatic rings. The van der Waals surface area contributed by atoms with Crippen LogP contribution in [0, 0.1) is 0 Å². The number of nitrogens with one attached hydrogen (secondary N) is 1. The normalized spacial score (nSPS) is 18.4. The third kappa shape index (κ3) is 5.97. The third-order valence-electron chi connectivity index (χ3n) is 6.72. The lowest BCUT2D eigenvalue weighted by molar-refractivity contribution is -0.154. The maximum atomic E-state index is 13.9. The molecule has 2 aliphatic heterocycles. The number of thioether (sulfide) groups is 1. The first-order chi connectivity index (χ1) is 19.4. The number of nitrogens with zero attached hydrogens (tertiary/aromatic N) is 2. The van der Waals surface area contributed by atoms with Crippen LogP contribution in [0.4, 0.5) is 0 Å². The van der Waals surface area contributed by atoms with E-state index >= 15 is 0 Å². The minimum Gasteiger partial charge on any atom is -0.448 e. The maximum absolute atomic E-state index is 13.9. The fourth-order valence-corrected chi connectivity index (χ4v) is 6.07. The minimum absolute atomic E-state index is 0.180. The molecule has 8 heteroatoms. The predicted octanol–water partition coefficient (Wildman–Crippen LogP) is 4.29. The Hall–Kier alpha value is -4.30. The maximum Gasteiger partial charge on any atom is 0.356 e. The molecule has 2 heterocycles. The summed E-state index contributed by atoms with van der Waals surface area (Å²) in [5, 5.41) is 2.49. The molecule has 2 unspecified atom stereocenters. The Balaban J connectivity index is 1.40. The van der Waals surface area contributed by atoms with Crippen LogP contribution in [0.25, 0.3) is 0 Å². The third-order valence-corrected chi connectivity index (χ3v) is 8.02. The number of fused-ring (bicyclic) bond motifs is 1. The molecule has 3 aromatic rings. The Bertz CT molecular complexity index is 1380. The number of esters is 1. The molecule has 0 bridgehead atoms. The summed E-state index contributed by atoms with van der Waals surface area (Å²) in [6.45, 7) is 0. The predicted molar refractivity (Wildman–Crippen MR) is 156 cm³/mol. The number of β-lactam (4-membered cyclic amide) rings is 1. The fourth-order valence-electron chi connectivity index (χ4n) is 4.75. The van der Waals surface area contributed by atoms with E-state index in [1.807, 2.05) is 122 Å². The van der Waals surface area contributed by atoms with Gasteiger partial charge in [0.15, 0.2) is 6.10 Å². The molecule has 1 fully saturated rings. The summed E-state index contributed by atoms with van der Waals surface area (Å²) < 4.78 is 6.16. The summed E-state index contributed by atoms with van der Waals surface area (Å²) >= 11 is 1.52. The van der Waals surface area contributed by atoms with Crippen LogP contribution in [-0.2, 0) is 25.5 Å². The van der Waals surface area contributed by atoms with Crippen molar-refractivity contribution in [3.8, 4) is 0 Å². The van der Waals surface area contributed by atoms with Crippen LogP contribution < -0.4 is 5.32 Å². The Morgan fingerprint density at radius 3 is 2.12 bits per heavy atom. The number of benzene rings is 3. The second kappa shape index (κ2) is 12.3. The molecule has 3 aromatic carbocycles. The van der Waals surface area contributed by atoms with Crippen LogP contribution in [0.3, 0.4) is 0 Å². The smallest absolute Gasteiger partial charge is 0.356 e. The van der Waals surface area contributed by atoms with Gasteiger partial charge < -0.3 is 15.0 Å². The lowest BCUT2D eigenvalue weighted by Crippen LogP contribution is -2.70. The zero-order valence-corrected chi connectivity index (χ0v) is 23.2. The van der Waals surface area contributed by atoms with Crippen molar-refractivity contribution >= 4 is 29.5 Å². The molecular weight excluding hydrogens is 522 g/mol. The number of rotatable bonds is 9. The highest BCUT2D eigenvalue weighted by Crippen LogP contribution is 2.42. The van der Waals surface area contributed by atoms with Gasteiger partial charge in [-0.1, -0.05) is 91.0 Å². The van der Waals surface area contributed by atoms with Gasteiger partial charge in [-0.05, 0) is 34.5 Å². The molecule has 0 radical (unpaired) electrons. The van der Waals surface area contributed by atoms with E-state index in [4.69, 9.17) is 4.74 Å². The van der Waals surface area contributed by atoms with Gasteiger partial charge in [0, 0.05) is 19.8 Å². The van der Waals surface area contributed by atoms with Crippen molar-refractivity contribution in [2.75, 3.05) is 19.8 Å². The number of carbonyl (C=O) groups excluding carboxylic acids is 3. The van der Waals surface area contributed by atoms with Crippen molar-refractivity contribution < 1.29 is 19.1 Å². The first kappa shape index (κ1) is 27.3. The van der Waals surface area contributed by atoms with Gasteiger partial charge in [0.05, 0.1) is 6.42 Å². The summed E-state index contributed by atoms with van der Waals surface area (Å²) in [6.07, 6.45) is 3.22. The van der Waals surface area contributed by atoms with Crippen molar-refractivity contribution in [2.24, 2.45) is 0 Å². The number of ether oxygens (including phenoxy) is 1. The molecule has 204 valence electrons. The zero-order valence-electron chi connectivity index (χ0n) is 22.4. The Kier molecular flexibility index (Phi) is 8.36. The van der Waals surface area contributed by atoms with Crippen LogP contribution in [0.5, 0.6) is 0 Å². The molecule has 1 saturated heterocycles. The number of amides is 2. The van der Waals surface area contributed by atoms with Crippen LogP contribution in [0.1, 0.15) is 22.8 Å². The fraction of sp³-hybridized carbons (Fsp3) is 0.219. The molecule has 40 heavy (non-hydrogen) atoms. The van der Waals surface area contributed by atoms with Crippen LogP contribution >= 0.6 is 11.8 Å². The summed E-state index contributed by atoms with van der Waals surface area (Å²) in [7, 11) is 3.78. The van der Waals surface area contributed by atoms with E-state index in [0.29, 0.717) is 11.3 Å². The van der Waals surface area contributed by atoms with E-state index < -0.39 is 23.5 Å². The minimum atomic E-state index is -0.706. The van der Waals surface area contributed by atoms with E-state index in [2.05, 4.69) is 5.32 Å². The molecule has 2 atom stereocenters. The van der Waals surface area contributed by atoms with Gasteiger partial charge in [-0.15, -0.1) is 11.8 Å². The second-order valence-corrected chi connectivity index (χ2v) is 11.0. The zero-order chi connectivity index (χ0) is 28.1. The van der Waals surface area contributed by atoms with Crippen molar-refractivity contribution in [1.82, 2.24) is 15.1 Å². The second-order valence-electron chi connectivity index (χ2n) is 9.88. The highest BCUT2D eigenvalue weighted by molar-refractivity contribution is 8.00. The van der Waals surface area contributed by atoms with Gasteiger partial charge in [0.25, 0.3) is 5.91 Å². The number of carbonyl (C=O) groups is 3. The van der Waals surface area contributed by atoms with Crippen molar-refractivity contribution in [1.29, 1.82) is 0 Å². The first-order valence-corrected chi connectivity index (χ1v) is 14.1. The van der Waals surface area contributed by atoms with Crippen molar-refractivity contribution in [2.45, 2.75) is 23.9 Å². The molecule has 0 aromatic heterocycles. The summed E-state index contributed by atoms with van der Waals surface area (Å²) in [5.41, 5.74) is 3.44. The topological polar surface area (TPSA) is 79.0 Å². The van der Waals surface area contributed by atoms with Crippen LogP contribution in [-0.4, -0.2) is 58.8 Å². The van der Waals surface area contributed by atoms with Gasteiger partial charge in [-0.3, -0.25) is 14.5 Å². The summed E-state index contributed by atoms with van der Waals surface area (Å²) in [6, 6.07) is 27.8. The van der Waals surface area contributed by atoms with Gasteiger partial charge in [-0.2, -0.15) is 0 Å². The van der Waals surface area contributed by atoms with Gasteiger partial charge >= 0.3 is 5.97 Å². The molecule has 5 rings (SSSR count). The Morgan fingerprint density at radius 2 is 1.55 bits per heavy atom. The lowest BCUT2D eigenvalue weighted by atomic mass is 10.0. The highest BCUT2D eigenvalue weighted by atomic mass is 32.2. The molecule has 2 amide bonds. The molecular formula is C32H31N3O4S. The summed E-state index contributed by atoms with van der Waals surface area (Å²) in [4.78, 5) is 43.4. The standard InChI is InChI=1S/C32H31N3O4S/c1-34(2)19-18-25-21-40-31-27(33-26(36)20-22-12-6-3-7-13-22)30(37)35(31)28(25)32(38)39-29(23-14-8-4-9-15-23)24-16-10-5-11-17-24/h3-19,27,29,31H,20-21H2,1-2H3,(H,33,36)/b19-18+. The monoisotopic (exact) mass is 553 g/mol. The highest BCUT2D eigenvalue weighted by Gasteiger charge is 2.54. The van der Waals surface area contributed by atoms with Gasteiger partial charge in [0.1, 0.15) is 17.1 Å². The van der Waals surface area contributed by atoms with Crippen molar-refractivity contribution in [3.05, 3.63) is 131 Å². The molecule has 0 aliphatic carbocycles. The Labute approximate surface area is 238 Å². The number of hydrogen-bond donors (Lipinski definition) is 1. The average molecular weight is 554 g/mol. The first-order valence-electron chi connectivity index (χ1n) is 13.1. The molecule has 0 spiro atoms. The van der Waals surface area contributed by atoms with E-state index in [-0.39, 0.29) is 23.9 Å². The van der Waals surface area contributed by atoms with Crippen LogP contribution in [0.15, 0.2) is 115 Å². The van der Waals surface area contributed by atoms with Gasteiger partial charge in [0.2, 0.25) is 5.91 Å². The SMILES string of the molecule is CN(C)/C=C/C1=C(C(=O)OC(c2ccccc2)c2ccccc2)N2C(=O)C(NC(=O)Cc3ccccc3)C2SC1. The number of allylic oxidation sites excluding steroid dienone is 1. The van der Waals surface area contributed by atoms with Gasteiger partial charge in [-0.25, -0.2) is 4.79 Å². The molecule has 1 N–H and O–H groups in total. The van der Waals surface area contributed by atoms with E-state index in [1.165, 1.54) is 16.7 Å². The molecule has 7 nitrogen and oxygen atoms in total. The van der Waals surface area contributed by atoms with E-state index in [0.717, 1.165) is 16.7 Å². The lowest BCUT2D eigenvalue weighted by Gasteiger charge is -2.49. The Morgan fingerprint density at radius 1 is 0.975 bits per heavy atom. The van der Waals surface area contributed by atoms with Crippen LogP contribution in [0.2, 0.25) is 0 Å². The number of hydrogen-bond acceptors (Lipinski definition) is 6. The summed E-state index contributed by atoms with van der Waals surface area (Å²) in [5.74, 6) is -0.638. The largest absolute Gasteiger partial charge is 0.448 e. The van der Waals surface area contributed by atoms with E-state index in [1.54, 1.807) is 0 Å². The van der Waals surface area contributed by atoms with E-state index in [9.17, 15) is 14.4 Å².